The molecular formula is C18H17F2NO3S. The van der Waals surface area contributed by atoms with E-state index in [0.717, 1.165) is 5.56 Å². The molecule has 0 heterocycles. The van der Waals surface area contributed by atoms with E-state index < -0.39 is 5.76 Å². The third-order valence-corrected chi connectivity index (χ3v) is 3.87. The number of thioether (sulfide) groups is 1. The van der Waals surface area contributed by atoms with Crippen LogP contribution in [0.5, 0.6) is 11.5 Å². The van der Waals surface area contributed by atoms with Crippen LogP contribution in [0.2, 0.25) is 0 Å². The Hall–Kier alpha value is -2.54. The highest BCUT2D eigenvalue weighted by Gasteiger charge is 2.05. The second-order valence-corrected chi connectivity index (χ2v) is 5.93. The lowest BCUT2D eigenvalue weighted by atomic mass is 10.2. The van der Waals surface area contributed by atoms with Gasteiger partial charge in [0.15, 0.2) is 0 Å². The van der Waals surface area contributed by atoms with Crippen molar-refractivity contribution in [2.45, 2.75) is 10.7 Å². The van der Waals surface area contributed by atoms with Gasteiger partial charge in [-0.15, -0.1) is 0 Å². The molecule has 1 amide bonds. The molecule has 0 spiro atoms. The predicted molar refractivity (Wildman–Crippen MR) is 95.5 cm³/mol. The highest BCUT2D eigenvalue weighted by molar-refractivity contribution is 7.99. The summed E-state index contributed by atoms with van der Waals surface area (Å²) in [4.78, 5) is 12.4. The SMILES string of the molecule is COc1cc(/C=C/C(=O)Nc2ccc(SC(F)F)cc2)cc(OC)c1. The van der Waals surface area contributed by atoms with Crippen LogP contribution in [0.3, 0.4) is 0 Å². The molecule has 0 aliphatic carbocycles. The van der Waals surface area contributed by atoms with Crippen molar-refractivity contribution < 1.29 is 23.0 Å². The standard InChI is InChI=1S/C18H17F2NO3S/c1-23-14-9-12(10-15(11-14)24-2)3-8-17(22)21-13-4-6-16(7-5-13)25-18(19)20/h3-11,18H,1-2H3,(H,21,22)/b8-3+. The summed E-state index contributed by atoms with van der Waals surface area (Å²) in [5.41, 5.74) is 1.27. The average molecular weight is 365 g/mol. The van der Waals surface area contributed by atoms with E-state index in [1.54, 1.807) is 50.6 Å². The molecular weight excluding hydrogens is 348 g/mol. The summed E-state index contributed by atoms with van der Waals surface area (Å²) in [6, 6.07) is 11.5. The Kier molecular flexibility index (Phi) is 6.82. The highest BCUT2D eigenvalue weighted by atomic mass is 32.2. The zero-order chi connectivity index (χ0) is 18.2. The maximum atomic E-state index is 12.3. The number of methoxy groups -OCH3 is 2. The molecule has 0 radical (unpaired) electrons. The molecule has 2 aromatic carbocycles. The van der Waals surface area contributed by atoms with Crippen LogP contribution in [-0.4, -0.2) is 25.9 Å². The van der Waals surface area contributed by atoms with Crippen molar-refractivity contribution in [1.82, 2.24) is 0 Å². The van der Waals surface area contributed by atoms with E-state index in [2.05, 4.69) is 5.32 Å². The first-order chi connectivity index (χ1) is 12.0. The van der Waals surface area contributed by atoms with Gasteiger partial charge in [-0.25, -0.2) is 0 Å². The van der Waals surface area contributed by atoms with Gasteiger partial charge in [0.05, 0.1) is 14.2 Å². The number of nitrogens with one attached hydrogen (secondary N) is 1. The normalized spacial score (nSPS) is 10.9. The van der Waals surface area contributed by atoms with E-state index in [4.69, 9.17) is 9.47 Å². The number of carbonyl (C=O) groups is 1. The number of halogens is 2. The van der Waals surface area contributed by atoms with Crippen LogP contribution in [0.4, 0.5) is 14.5 Å². The van der Waals surface area contributed by atoms with Gasteiger partial charge in [-0.2, -0.15) is 8.78 Å². The van der Waals surface area contributed by atoms with Crippen molar-refractivity contribution in [3.8, 4) is 11.5 Å². The molecule has 0 aliphatic heterocycles. The third kappa shape index (κ3) is 6.11. The number of hydrogen-bond donors (Lipinski definition) is 1. The zero-order valence-corrected chi connectivity index (χ0v) is 14.5. The minimum absolute atomic E-state index is 0.337. The summed E-state index contributed by atoms with van der Waals surface area (Å²) in [7, 11) is 3.09. The first-order valence-electron chi connectivity index (χ1n) is 7.27. The molecule has 0 aromatic heterocycles. The number of hydrogen-bond acceptors (Lipinski definition) is 4. The molecule has 7 heteroatoms. The van der Waals surface area contributed by atoms with Gasteiger partial charge in [-0.3, -0.25) is 4.79 Å². The number of rotatable bonds is 7. The van der Waals surface area contributed by atoms with E-state index in [1.165, 1.54) is 18.2 Å². The molecule has 4 nitrogen and oxygen atoms in total. The van der Waals surface area contributed by atoms with E-state index in [1.807, 2.05) is 0 Å². The number of carbonyl (C=O) groups excluding carboxylic acids is 1. The Labute approximate surface area is 148 Å². The van der Waals surface area contributed by atoms with Gasteiger partial charge >= 0.3 is 0 Å². The number of amides is 1. The van der Waals surface area contributed by atoms with Crippen molar-refractivity contribution in [1.29, 1.82) is 0 Å². The molecule has 0 saturated heterocycles. The number of ether oxygens (including phenoxy) is 2. The molecule has 132 valence electrons. The van der Waals surface area contributed by atoms with E-state index in [9.17, 15) is 13.6 Å². The fourth-order valence-electron chi connectivity index (χ4n) is 2.00. The second kappa shape index (κ2) is 9.08. The third-order valence-electron chi connectivity index (χ3n) is 3.15. The molecule has 25 heavy (non-hydrogen) atoms. The minimum Gasteiger partial charge on any atom is -0.497 e. The van der Waals surface area contributed by atoms with E-state index >= 15 is 0 Å². The summed E-state index contributed by atoms with van der Waals surface area (Å²) < 4.78 is 34.9. The summed E-state index contributed by atoms with van der Waals surface area (Å²) in [6.07, 6.45) is 3.00. The van der Waals surface area contributed by atoms with Crippen molar-refractivity contribution in [2.75, 3.05) is 19.5 Å². The number of alkyl halides is 2. The fraction of sp³-hybridized carbons (Fsp3) is 0.167. The molecule has 0 aliphatic rings. The van der Waals surface area contributed by atoms with Crippen molar-refractivity contribution in [3.63, 3.8) is 0 Å². The summed E-state index contributed by atoms with van der Waals surface area (Å²) in [5.74, 6) is -1.57. The van der Waals surface area contributed by atoms with Crippen molar-refractivity contribution >= 4 is 29.4 Å². The van der Waals surface area contributed by atoms with Crippen molar-refractivity contribution in [3.05, 3.63) is 54.1 Å². The van der Waals surface area contributed by atoms with Crippen LogP contribution in [0.25, 0.3) is 6.08 Å². The van der Waals surface area contributed by atoms with E-state index in [0.29, 0.717) is 33.8 Å². The van der Waals surface area contributed by atoms with Gasteiger partial charge in [-0.05, 0) is 48.0 Å². The molecule has 0 bridgehead atoms. The first kappa shape index (κ1) is 18.8. The maximum Gasteiger partial charge on any atom is 0.288 e. The quantitative estimate of drug-likeness (QED) is 0.572. The van der Waals surface area contributed by atoms with Gasteiger partial charge in [-0.1, -0.05) is 11.8 Å². The molecule has 0 fully saturated rings. The van der Waals surface area contributed by atoms with Crippen LogP contribution in [-0.2, 0) is 4.79 Å². The molecule has 1 N–H and O–H groups in total. The van der Waals surface area contributed by atoms with Crippen molar-refractivity contribution in [2.24, 2.45) is 0 Å². The second-order valence-electron chi connectivity index (χ2n) is 4.87. The van der Waals surface area contributed by atoms with Crippen LogP contribution in [0, 0.1) is 0 Å². The molecule has 0 atom stereocenters. The minimum atomic E-state index is -2.47. The van der Waals surface area contributed by atoms with Gasteiger partial charge < -0.3 is 14.8 Å². The van der Waals surface area contributed by atoms with Crippen LogP contribution in [0.15, 0.2) is 53.4 Å². The maximum absolute atomic E-state index is 12.3. The lowest BCUT2D eigenvalue weighted by molar-refractivity contribution is -0.111. The molecule has 0 saturated carbocycles. The monoisotopic (exact) mass is 365 g/mol. The van der Waals surface area contributed by atoms with E-state index in [-0.39, 0.29) is 5.91 Å². The Morgan fingerprint density at radius 1 is 1.08 bits per heavy atom. The topological polar surface area (TPSA) is 47.6 Å². The largest absolute Gasteiger partial charge is 0.497 e. The highest BCUT2D eigenvalue weighted by Crippen LogP contribution is 2.26. The smallest absolute Gasteiger partial charge is 0.288 e. The average Bonchev–Trinajstić information content (AvgIpc) is 2.61. The molecule has 2 rings (SSSR count). The Bertz CT molecular complexity index is 726. The first-order valence-corrected chi connectivity index (χ1v) is 8.15. The molecule has 2 aromatic rings. The number of benzene rings is 2. The Morgan fingerprint density at radius 2 is 1.68 bits per heavy atom. The Morgan fingerprint density at radius 3 is 2.20 bits per heavy atom. The zero-order valence-electron chi connectivity index (χ0n) is 13.7. The molecule has 0 unspecified atom stereocenters. The van der Waals surface area contributed by atoms with Gasteiger partial charge in [0.2, 0.25) is 5.91 Å². The predicted octanol–water partition coefficient (Wildman–Crippen LogP) is 4.67. The van der Waals surface area contributed by atoms with Crippen LogP contribution in [0.1, 0.15) is 5.56 Å². The van der Waals surface area contributed by atoms with Gasteiger partial charge in [0.25, 0.3) is 5.76 Å². The van der Waals surface area contributed by atoms with Crippen LogP contribution < -0.4 is 14.8 Å². The fourth-order valence-corrected chi connectivity index (χ4v) is 2.50. The van der Waals surface area contributed by atoms with Gasteiger partial charge in [0, 0.05) is 22.7 Å². The lowest BCUT2D eigenvalue weighted by Crippen LogP contribution is -2.07. The summed E-state index contributed by atoms with van der Waals surface area (Å²) in [6.45, 7) is 0. The van der Waals surface area contributed by atoms with Gasteiger partial charge in [0.1, 0.15) is 11.5 Å². The lowest BCUT2D eigenvalue weighted by Gasteiger charge is -2.06. The van der Waals surface area contributed by atoms with Crippen LogP contribution >= 0.6 is 11.8 Å². The summed E-state index contributed by atoms with van der Waals surface area (Å²) >= 11 is 0.457. The Balaban J connectivity index is 2.01. The number of anilines is 1. The summed E-state index contributed by atoms with van der Waals surface area (Å²) in [5, 5.41) is 2.66.